The first-order chi connectivity index (χ1) is 18.2. The predicted octanol–water partition coefficient (Wildman–Crippen LogP) is 4.06. The van der Waals surface area contributed by atoms with Crippen molar-refractivity contribution < 1.29 is 27.3 Å². The third-order valence-corrected chi connectivity index (χ3v) is 7.78. The number of nitrogens with zero attached hydrogens (tertiary/aromatic N) is 2. The number of carbonyl (C=O) groups is 1. The Labute approximate surface area is 228 Å². The maximum atomic E-state index is 14.5. The molecule has 0 bridgehead atoms. The van der Waals surface area contributed by atoms with Gasteiger partial charge in [-0.1, -0.05) is 20.8 Å². The van der Waals surface area contributed by atoms with Crippen molar-refractivity contribution in [3.05, 3.63) is 59.9 Å². The Morgan fingerprint density at radius 2 is 2.00 bits per heavy atom. The van der Waals surface area contributed by atoms with Gasteiger partial charge in [0, 0.05) is 29.8 Å². The number of aromatic amines is 1. The summed E-state index contributed by atoms with van der Waals surface area (Å²) in [7, 11) is -4.24. The summed E-state index contributed by atoms with van der Waals surface area (Å²) in [5.41, 5.74) is 6.33. The monoisotopic (exact) mass is 556 g/mol. The van der Waals surface area contributed by atoms with Gasteiger partial charge in [-0.2, -0.15) is 8.42 Å². The van der Waals surface area contributed by atoms with E-state index >= 15 is 0 Å². The van der Waals surface area contributed by atoms with Crippen molar-refractivity contribution in [1.82, 2.24) is 9.71 Å². The average molecular weight is 557 g/mol. The van der Waals surface area contributed by atoms with Crippen LogP contribution in [0.25, 0.3) is 11.3 Å². The van der Waals surface area contributed by atoms with E-state index in [1.54, 1.807) is 12.1 Å². The van der Waals surface area contributed by atoms with E-state index in [9.17, 15) is 17.6 Å². The molecular formula is C28H35FN5O4S+. The molecule has 11 heteroatoms. The van der Waals surface area contributed by atoms with Crippen LogP contribution in [0.15, 0.2) is 53.6 Å². The molecule has 2 aromatic heterocycles. The number of sulfonamides is 1. The van der Waals surface area contributed by atoms with E-state index in [0.717, 1.165) is 6.42 Å². The summed E-state index contributed by atoms with van der Waals surface area (Å²) in [5.74, 6) is 0.101. The first-order valence-corrected chi connectivity index (χ1v) is 14.3. The van der Waals surface area contributed by atoms with Gasteiger partial charge in [0.05, 0.1) is 17.9 Å². The van der Waals surface area contributed by atoms with Gasteiger partial charge in [0.15, 0.2) is 0 Å². The molecule has 0 aliphatic carbocycles. The molecule has 1 aromatic carbocycles. The first kappa shape index (κ1) is 28.3. The zero-order valence-corrected chi connectivity index (χ0v) is 23.6. The number of nitrogens with one attached hydrogen (secondary N) is 2. The van der Waals surface area contributed by atoms with Gasteiger partial charge in [-0.25, -0.2) is 19.1 Å². The summed E-state index contributed by atoms with van der Waals surface area (Å²) in [6.07, 6.45) is 0.851. The van der Waals surface area contributed by atoms with E-state index in [1.807, 2.05) is 32.6 Å². The van der Waals surface area contributed by atoms with Crippen molar-refractivity contribution in [3.8, 4) is 17.0 Å². The number of hydrogen-bond donors (Lipinski definition) is 2. The molecule has 1 fully saturated rings. The van der Waals surface area contributed by atoms with Crippen molar-refractivity contribution in [2.45, 2.75) is 51.6 Å². The Bertz CT molecular complexity index is 1490. The fraction of sp³-hybridized carbons (Fsp3) is 0.393. The molecule has 3 aromatic rings. The minimum absolute atomic E-state index is 0.0843. The number of H-pyrrole nitrogens is 1. The summed E-state index contributed by atoms with van der Waals surface area (Å²) in [4.78, 5) is 22.8. The normalized spacial score (nSPS) is 16.9. The zero-order valence-electron chi connectivity index (χ0n) is 22.8. The maximum Gasteiger partial charge on any atom is 0.301 e. The van der Waals surface area contributed by atoms with Gasteiger partial charge in [-0.3, -0.25) is 10.5 Å². The summed E-state index contributed by atoms with van der Waals surface area (Å²) in [6, 6.07) is 11.7. The highest BCUT2D eigenvalue weighted by Gasteiger charge is 2.39. The minimum Gasteiger partial charge on any atom is -0.493 e. The van der Waals surface area contributed by atoms with E-state index in [0.29, 0.717) is 41.9 Å². The van der Waals surface area contributed by atoms with E-state index in [-0.39, 0.29) is 27.9 Å². The minimum atomic E-state index is -4.24. The number of nitrogen functional groups attached to an aromatic ring is 1. The number of nitrogens with two attached hydrogens (primary N) is 1. The lowest BCUT2D eigenvalue weighted by atomic mass is 9.97. The molecule has 4 rings (SSSR count). The molecule has 0 saturated carbocycles. The quantitative estimate of drug-likeness (QED) is 0.428. The Balaban J connectivity index is 1.76. The van der Waals surface area contributed by atoms with Crippen LogP contribution in [-0.2, 0) is 10.0 Å². The molecule has 1 aliphatic rings. The largest absolute Gasteiger partial charge is 0.493 e. The summed E-state index contributed by atoms with van der Waals surface area (Å²) in [5, 5.41) is -0.245. The van der Waals surface area contributed by atoms with Gasteiger partial charge in [0.1, 0.15) is 17.4 Å². The van der Waals surface area contributed by atoms with Crippen LogP contribution >= 0.6 is 0 Å². The standard InChI is InChI=1S/C28H34FN5O4S/c1-17(2)16-38-21-12-19(11-20(29)13-21)23-10-9-22(26(31-23)34-15-18(3)14-28(34,4)5)27(35)33-39(36,37)25-8-6-7-24(30)32-25/h6-13,17-18H,14-16H2,1-5H3,(H2,30,32)(H,33,35)/p+1. The molecule has 1 saturated heterocycles. The van der Waals surface area contributed by atoms with Crippen LogP contribution in [0.3, 0.4) is 0 Å². The molecule has 3 heterocycles. The smallest absolute Gasteiger partial charge is 0.301 e. The fourth-order valence-electron chi connectivity index (χ4n) is 4.86. The number of pyridine rings is 2. The lowest BCUT2D eigenvalue weighted by molar-refractivity contribution is -0.411. The number of benzene rings is 1. The summed E-state index contributed by atoms with van der Waals surface area (Å²) in [6.45, 7) is 11.3. The Kier molecular flexibility index (Phi) is 7.83. The van der Waals surface area contributed by atoms with E-state index < -0.39 is 21.7 Å². The molecule has 208 valence electrons. The van der Waals surface area contributed by atoms with Crippen LogP contribution in [0.5, 0.6) is 5.75 Å². The van der Waals surface area contributed by atoms with Crippen LogP contribution < -0.4 is 25.1 Å². The molecule has 39 heavy (non-hydrogen) atoms. The van der Waals surface area contributed by atoms with Crippen LogP contribution in [0.4, 0.5) is 16.0 Å². The van der Waals surface area contributed by atoms with Gasteiger partial charge in [-0.15, -0.1) is 0 Å². The topological polar surface area (TPSA) is 129 Å². The lowest BCUT2D eigenvalue weighted by Crippen LogP contribution is -2.41. The van der Waals surface area contributed by atoms with Gasteiger partial charge < -0.3 is 9.64 Å². The second kappa shape index (κ2) is 10.8. The fourth-order valence-corrected chi connectivity index (χ4v) is 5.84. The molecule has 1 amide bonds. The highest BCUT2D eigenvalue weighted by atomic mass is 32.2. The zero-order chi connectivity index (χ0) is 28.5. The second-order valence-corrected chi connectivity index (χ2v) is 12.7. The van der Waals surface area contributed by atoms with Crippen LogP contribution in [0.2, 0.25) is 0 Å². The molecule has 0 spiro atoms. The molecular weight excluding hydrogens is 521 g/mol. The third kappa shape index (κ3) is 6.47. The van der Waals surface area contributed by atoms with Gasteiger partial charge >= 0.3 is 10.0 Å². The lowest BCUT2D eigenvalue weighted by Gasteiger charge is -2.34. The van der Waals surface area contributed by atoms with Gasteiger partial charge in [-0.05, 0) is 68.5 Å². The summed E-state index contributed by atoms with van der Waals surface area (Å²) >= 11 is 0. The van der Waals surface area contributed by atoms with Crippen LogP contribution in [-0.4, -0.2) is 38.0 Å². The van der Waals surface area contributed by atoms with Gasteiger partial charge in [0.25, 0.3) is 11.7 Å². The van der Waals surface area contributed by atoms with Crippen molar-refractivity contribution in [2.24, 2.45) is 11.8 Å². The summed E-state index contributed by atoms with van der Waals surface area (Å²) < 4.78 is 48.3. The predicted molar refractivity (Wildman–Crippen MR) is 147 cm³/mol. The number of aromatic nitrogens is 2. The number of rotatable bonds is 8. The highest BCUT2D eigenvalue weighted by molar-refractivity contribution is 7.89. The number of amides is 1. The Morgan fingerprint density at radius 3 is 2.64 bits per heavy atom. The van der Waals surface area contributed by atoms with E-state index in [4.69, 9.17) is 15.5 Å². The number of anilines is 2. The average Bonchev–Trinajstić information content (AvgIpc) is 3.13. The SMILES string of the molecule is CC(C)COc1cc(F)cc(-c2ccc(C(=O)NS(=O)(=O)c3cccc(N)[nH+]3)c(N3CC(C)CC3(C)C)n2)c1. The van der Waals surface area contributed by atoms with Crippen molar-refractivity contribution in [3.63, 3.8) is 0 Å². The molecule has 0 radical (unpaired) electrons. The highest BCUT2D eigenvalue weighted by Crippen LogP contribution is 2.38. The number of carbonyl (C=O) groups excluding carboxylic acids is 1. The van der Waals surface area contributed by atoms with Crippen molar-refractivity contribution in [1.29, 1.82) is 0 Å². The van der Waals surface area contributed by atoms with E-state index in [1.165, 1.54) is 36.4 Å². The Hall–Kier alpha value is -3.73. The Morgan fingerprint density at radius 1 is 1.26 bits per heavy atom. The maximum absolute atomic E-state index is 14.5. The molecule has 1 aliphatic heterocycles. The van der Waals surface area contributed by atoms with Crippen molar-refractivity contribution in [2.75, 3.05) is 23.8 Å². The molecule has 9 nitrogen and oxygen atoms in total. The molecule has 4 N–H and O–H groups in total. The van der Waals surface area contributed by atoms with Crippen molar-refractivity contribution >= 4 is 27.6 Å². The molecule has 1 atom stereocenters. The van der Waals surface area contributed by atoms with Gasteiger partial charge in [0.2, 0.25) is 5.03 Å². The number of ether oxygens (including phenoxy) is 1. The van der Waals surface area contributed by atoms with Crippen LogP contribution in [0, 0.1) is 17.7 Å². The first-order valence-electron chi connectivity index (χ1n) is 12.8. The van der Waals surface area contributed by atoms with Crippen LogP contribution in [0.1, 0.15) is 51.4 Å². The third-order valence-electron chi connectivity index (χ3n) is 6.51. The second-order valence-electron chi connectivity index (χ2n) is 11.1. The molecule has 1 unspecified atom stereocenters. The number of halogens is 1. The number of hydrogen-bond acceptors (Lipinski definition) is 7. The van der Waals surface area contributed by atoms with E-state index in [2.05, 4.69) is 16.6 Å².